The van der Waals surface area contributed by atoms with E-state index >= 15 is 0 Å². The lowest BCUT2D eigenvalue weighted by Crippen LogP contribution is -1.82. The third-order valence-corrected chi connectivity index (χ3v) is 1.26. The summed E-state index contributed by atoms with van der Waals surface area (Å²) in [5.74, 6) is 6.62. The fraction of sp³-hybridized carbons (Fsp3) is 0.500. The van der Waals surface area contributed by atoms with Crippen LogP contribution in [0.2, 0.25) is 0 Å². The Morgan fingerprint density at radius 1 is 1.60 bits per heavy atom. The molecule has 1 aliphatic rings. The summed E-state index contributed by atoms with van der Waals surface area (Å²) in [6.07, 6.45) is 2.50. The first kappa shape index (κ1) is 7.01. The van der Waals surface area contributed by atoms with Gasteiger partial charge in [-0.05, 0) is 25.7 Å². The van der Waals surface area contributed by atoms with E-state index in [4.69, 9.17) is 0 Å². The van der Waals surface area contributed by atoms with Gasteiger partial charge in [0.05, 0.1) is 0 Å². The van der Waals surface area contributed by atoms with Crippen LogP contribution < -0.4 is 0 Å². The van der Waals surface area contributed by atoms with Crippen LogP contribution in [-0.2, 0) is 0 Å². The van der Waals surface area contributed by atoms with Crippen LogP contribution in [-0.4, -0.2) is 12.4 Å². The van der Waals surface area contributed by atoms with Crippen molar-refractivity contribution in [3.8, 4) is 11.8 Å². The maximum absolute atomic E-state index is 3.68. The zero-order valence-corrected chi connectivity index (χ0v) is 6.09. The molecule has 0 bridgehead atoms. The number of nitrogens with zero attached hydrogens (tertiary/aromatic N) is 2. The first-order chi connectivity index (χ1) is 4.83. The molecule has 10 heavy (non-hydrogen) atoms. The van der Waals surface area contributed by atoms with Crippen molar-refractivity contribution < 1.29 is 0 Å². The maximum Gasteiger partial charge on any atom is 0.109 e. The molecule has 52 valence electrons. The molecule has 0 amide bonds. The predicted octanol–water partition coefficient (Wildman–Crippen LogP) is 1.48. The van der Waals surface area contributed by atoms with Crippen molar-refractivity contribution in [3.63, 3.8) is 0 Å². The summed E-state index contributed by atoms with van der Waals surface area (Å²) in [5, 5.41) is 7.05. The molecule has 0 aromatic heterocycles. The molecule has 0 aromatic carbocycles. The van der Waals surface area contributed by atoms with Gasteiger partial charge in [-0.2, -0.15) is 5.10 Å². The van der Waals surface area contributed by atoms with Crippen LogP contribution in [0.4, 0.5) is 0 Å². The van der Waals surface area contributed by atoms with Gasteiger partial charge in [-0.25, -0.2) is 0 Å². The van der Waals surface area contributed by atoms with Gasteiger partial charge in [0.15, 0.2) is 0 Å². The molecule has 0 spiro atoms. The molecule has 0 aliphatic heterocycles. The van der Waals surface area contributed by atoms with E-state index in [0.29, 0.717) is 5.92 Å². The Balaban J connectivity index is 2.43. The van der Waals surface area contributed by atoms with Crippen LogP contribution in [0.5, 0.6) is 0 Å². The summed E-state index contributed by atoms with van der Waals surface area (Å²) in [7, 11) is 0. The van der Waals surface area contributed by atoms with Gasteiger partial charge < -0.3 is 0 Å². The summed E-state index contributed by atoms with van der Waals surface area (Å²) in [6.45, 7) is 5.08. The van der Waals surface area contributed by atoms with Crippen LogP contribution in [0, 0.1) is 17.8 Å². The monoisotopic (exact) mass is 134 g/mol. The van der Waals surface area contributed by atoms with Crippen LogP contribution in [0.25, 0.3) is 0 Å². The summed E-state index contributed by atoms with van der Waals surface area (Å²) < 4.78 is 0. The Hall–Kier alpha value is -1.10. The second kappa shape index (κ2) is 3.17. The summed E-state index contributed by atoms with van der Waals surface area (Å²) >= 11 is 0. The van der Waals surface area contributed by atoms with E-state index in [-0.39, 0.29) is 0 Å². The minimum Gasteiger partial charge on any atom is -0.166 e. The molecule has 1 fully saturated rings. The number of rotatable bonds is 1. The topological polar surface area (TPSA) is 24.7 Å². The largest absolute Gasteiger partial charge is 0.166 e. The van der Waals surface area contributed by atoms with Gasteiger partial charge in [-0.3, -0.25) is 0 Å². The van der Waals surface area contributed by atoms with Gasteiger partial charge in [0.25, 0.3) is 0 Å². The average molecular weight is 134 g/mol. The smallest absolute Gasteiger partial charge is 0.109 e. The maximum atomic E-state index is 3.68. The Labute approximate surface area is 61.0 Å². The molecule has 0 heterocycles. The first-order valence-electron chi connectivity index (χ1n) is 3.35. The van der Waals surface area contributed by atoms with Gasteiger partial charge >= 0.3 is 0 Å². The minimum atomic E-state index is 0.634. The van der Waals surface area contributed by atoms with E-state index < -0.39 is 0 Å². The van der Waals surface area contributed by atoms with Gasteiger partial charge in [0.2, 0.25) is 0 Å². The number of hydrogen-bond donors (Lipinski definition) is 0. The highest BCUT2D eigenvalue weighted by molar-refractivity contribution is 5.98. The zero-order valence-electron chi connectivity index (χ0n) is 6.09. The fourth-order valence-corrected chi connectivity index (χ4v) is 0.565. The van der Waals surface area contributed by atoms with Crippen LogP contribution in [0.15, 0.2) is 10.2 Å². The Morgan fingerprint density at radius 2 is 2.30 bits per heavy atom. The average Bonchev–Trinajstić information content (AvgIpc) is 2.67. The van der Waals surface area contributed by atoms with Gasteiger partial charge in [0.1, 0.15) is 5.71 Å². The molecule has 0 radical (unpaired) electrons. The summed E-state index contributed by atoms with van der Waals surface area (Å²) in [6, 6.07) is 0. The molecule has 1 rings (SSSR count). The fourth-order valence-electron chi connectivity index (χ4n) is 0.565. The van der Waals surface area contributed by atoms with Crippen molar-refractivity contribution in [2.75, 3.05) is 0 Å². The summed E-state index contributed by atoms with van der Waals surface area (Å²) in [5.41, 5.74) is 0.752. The molecule has 2 heteroatoms. The Morgan fingerprint density at radius 3 is 2.80 bits per heavy atom. The molecule has 1 saturated carbocycles. The molecule has 1 aliphatic carbocycles. The van der Waals surface area contributed by atoms with Crippen molar-refractivity contribution >= 4 is 12.4 Å². The Bertz CT molecular complexity index is 213. The van der Waals surface area contributed by atoms with E-state index in [9.17, 15) is 0 Å². The van der Waals surface area contributed by atoms with Crippen molar-refractivity contribution in [2.24, 2.45) is 16.1 Å². The highest BCUT2D eigenvalue weighted by atomic mass is 15.2. The van der Waals surface area contributed by atoms with Gasteiger partial charge in [-0.1, -0.05) is 5.92 Å². The molecule has 0 aromatic rings. The lowest BCUT2D eigenvalue weighted by Gasteiger charge is -1.78. The van der Waals surface area contributed by atoms with E-state index in [1.54, 1.807) is 0 Å². The van der Waals surface area contributed by atoms with Crippen molar-refractivity contribution in [1.29, 1.82) is 0 Å². The zero-order chi connectivity index (χ0) is 7.40. The molecular formula is C8H10N2. The third-order valence-electron chi connectivity index (χ3n) is 1.26. The molecule has 0 saturated heterocycles. The molecule has 0 atom stereocenters. The van der Waals surface area contributed by atoms with E-state index in [1.165, 1.54) is 12.8 Å². The molecule has 0 unspecified atom stereocenters. The van der Waals surface area contributed by atoms with Crippen molar-refractivity contribution in [1.82, 2.24) is 0 Å². The van der Waals surface area contributed by atoms with Crippen LogP contribution >= 0.6 is 0 Å². The van der Waals surface area contributed by atoms with Crippen molar-refractivity contribution in [3.05, 3.63) is 0 Å². The highest BCUT2D eigenvalue weighted by Gasteiger charge is 2.17. The predicted molar refractivity (Wildman–Crippen MR) is 43.2 cm³/mol. The minimum absolute atomic E-state index is 0.634. The second-order valence-electron chi connectivity index (χ2n) is 2.37. The Kier molecular flexibility index (Phi) is 2.22. The van der Waals surface area contributed by atoms with Crippen LogP contribution in [0.3, 0.4) is 0 Å². The molecule has 0 N–H and O–H groups in total. The lowest BCUT2D eigenvalue weighted by atomic mass is 10.3. The van der Waals surface area contributed by atoms with Crippen molar-refractivity contribution in [2.45, 2.75) is 19.8 Å². The normalized spacial score (nSPS) is 17.5. The SMILES string of the molecule is C=N/N=C(\C)C#CC1CC1. The van der Waals surface area contributed by atoms with E-state index in [2.05, 4.69) is 28.8 Å². The lowest BCUT2D eigenvalue weighted by molar-refractivity contribution is 1.18. The first-order valence-corrected chi connectivity index (χ1v) is 3.35. The molecule has 2 nitrogen and oxygen atoms in total. The van der Waals surface area contributed by atoms with Gasteiger partial charge in [-0.15, -0.1) is 5.10 Å². The number of hydrogen-bond acceptors (Lipinski definition) is 2. The van der Waals surface area contributed by atoms with Crippen LogP contribution in [0.1, 0.15) is 19.8 Å². The summed E-state index contributed by atoms with van der Waals surface area (Å²) in [4.78, 5) is 0. The highest BCUT2D eigenvalue weighted by Crippen LogP contribution is 2.27. The van der Waals surface area contributed by atoms with E-state index in [1.807, 2.05) is 6.92 Å². The van der Waals surface area contributed by atoms with E-state index in [0.717, 1.165) is 5.71 Å². The second-order valence-corrected chi connectivity index (χ2v) is 2.37. The molecular weight excluding hydrogens is 124 g/mol. The van der Waals surface area contributed by atoms with Gasteiger partial charge in [0, 0.05) is 12.6 Å². The quantitative estimate of drug-likeness (QED) is 0.295. The standard InChI is InChI=1S/C8H10N2/c1-7(10-9-2)3-4-8-5-6-8/h8H,2,5-6H2,1H3/b10-7+. The third kappa shape index (κ3) is 2.45.